The zero-order valence-electron chi connectivity index (χ0n) is 17.3. The van der Waals surface area contributed by atoms with Crippen molar-refractivity contribution in [3.8, 4) is 0 Å². The second-order valence-corrected chi connectivity index (χ2v) is 8.77. The number of rotatable bonds is 4. The van der Waals surface area contributed by atoms with Crippen LogP contribution in [0.3, 0.4) is 0 Å². The van der Waals surface area contributed by atoms with Crippen molar-refractivity contribution in [2.24, 2.45) is 11.8 Å². The largest absolute Gasteiger partial charge is 0.368 e. The number of carbonyl (C=O) groups is 2. The van der Waals surface area contributed by atoms with Gasteiger partial charge in [-0.1, -0.05) is 6.07 Å². The maximum absolute atomic E-state index is 14.5. The lowest BCUT2D eigenvalue weighted by Gasteiger charge is -2.56. The molecule has 3 saturated heterocycles. The van der Waals surface area contributed by atoms with Gasteiger partial charge in [0.15, 0.2) is 5.82 Å². The Labute approximate surface area is 180 Å². The number of nitrogens with one attached hydrogen (secondary N) is 1. The van der Waals surface area contributed by atoms with Gasteiger partial charge in [-0.15, -0.1) is 0 Å². The molecule has 5 rings (SSSR count). The fourth-order valence-corrected chi connectivity index (χ4v) is 5.61. The number of amides is 2. The molecule has 8 heteroatoms. The molecular formula is C23H26FN5O2. The zero-order chi connectivity index (χ0) is 21.4. The third-order valence-corrected chi connectivity index (χ3v) is 6.89. The molecule has 3 aliphatic rings. The molecule has 2 amide bonds. The average molecular weight is 423 g/mol. The van der Waals surface area contributed by atoms with E-state index in [4.69, 9.17) is 0 Å². The highest BCUT2D eigenvalue weighted by atomic mass is 19.1. The third-order valence-electron chi connectivity index (χ3n) is 6.89. The molecule has 5 heterocycles. The summed E-state index contributed by atoms with van der Waals surface area (Å²) < 4.78 is 14.5. The van der Waals surface area contributed by atoms with Crippen molar-refractivity contribution < 1.29 is 14.0 Å². The van der Waals surface area contributed by atoms with Gasteiger partial charge in [-0.25, -0.2) is 4.39 Å². The van der Waals surface area contributed by atoms with Crippen LogP contribution >= 0.6 is 0 Å². The molecule has 3 aliphatic heterocycles. The standard InChI is InChI=1S/C23H26FN5O2/c24-18-12-26-8-6-20(18)28-13-16-9-17(14-28)22(29-19(16)4-1-5-21(29)30)23(31)27-11-15-3-2-7-25-10-15/h2-3,6-8,10,12,16-17,19,22H,1,4-5,9,11,13-14H2,(H,27,31)/t16-,17+,19+,22-/m1/s1. The van der Waals surface area contributed by atoms with Crippen molar-refractivity contribution in [1.29, 1.82) is 0 Å². The Morgan fingerprint density at radius 2 is 2.00 bits per heavy atom. The van der Waals surface area contributed by atoms with Gasteiger partial charge >= 0.3 is 0 Å². The maximum atomic E-state index is 14.5. The summed E-state index contributed by atoms with van der Waals surface area (Å²) in [7, 11) is 0. The second kappa shape index (κ2) is 8.24. The van der Waals surface area contributed by atoms with Crippen LogP contribution in [0, 0.1) is 17.7 Å². The highest BCUT2D eigenvalue weighted by Crippen LogP contribution is 2.43. The topological polar surface area (TPSA) is 78.4 Å². The first-order valence-electron chi connectivity index (χ1n) is 10.9. The summed E-state index contributed by atoms with van der Waals surface area (Å²) in [5.74, 6) is -0.228. The summed E-state index contributed by atoms with van der Waals surface area (Å²) in [6.07, 6.45) is 9.34. The van der Waals surface area contributed by atoms with Gasteiger partial charge < -0.3 is 15.1 Å². The molecule has 4 atom stereocenters. The van der Waals surface area contributed by atoms with E-state index in [9.17, 15) is 14.0 Å². The number of hydrogen-bond donors (Lipinski definition) is 1. The van der Waals surface area contributed by atoms with Crippen molar-refractivity contribution >= 4 is 17.5 Å². The van der Waals surface area contributed by atoms with Gasteiger partial charge in [-0.05, 0) is 42.9 Å². The normalized spacial score (nSPS) is 27.6. The highest BCUT2D eigenvalue weighted by molar-refractivity contribution is 5.89. The lowest BCUT2D eigenvalue weighted by molar-refractivity contribution is -0.156. The minimum Gasteiger partial charge on any atom is -0.368 e. The van der Waals surface area contributed by atoms with E-state index in [1.54, 1.807) is 24.7 Å². The van der Waals surface area contributed by atoms with Crippen LogP contribution in [0.1, 0.15) is 31.2 Å². The number of fused-ring (bicyclic) bond motifs is 4. The van der Waals surface area contributed by atoms with Crippen LogP contribution in [0.5, 0.6) is 0 Å². The minimum absolute atomic E-state index is 0.0272. The van der Waals surface area contributed by atoms with Crippen LogP contribution in [0.15, 0.2) is 43.0 Å². The third kappa shape index (κ3) is 3.75. The number of halogens is 1. The van der Waals surface area contributed by atoms with E-state index < -0.39 is 6.04 Å². The first-order valence-corrected chi connectivity index (χ1v) is 10.9. The summed E-state index contributed by atoms with van der Waals surface area (Å²) in [5.41, 5.74) is 1.44. The predicted molar refractivity (Wildman–Crippen MR) is 112 cm³/mol. The van der Waals surface area contributed by atoms with Crippen LogP contribution in [0.2, 0.25) is 0 Å². The SMILES string of the molecule is O=C(NCc1cccnc1)[C@H]1[C@H]2C[C@H](CN(c3ccncc3F)C2)[C@@H]2CCCC(=O)N21. The van der Waals surface area contributed by atoms with Gasteiger partial charge in [-0.2, -0.15) is 0 Å². The molecule has 0 aliphatic carbocycles. The van der Waals surface area contributed by atoms with E-state index >= 15 is 0 Å². The van der Waals surface area contributed by atoms with E-state index in [1.807, 2.05) is 21.9 Å². The van der Waals surface area contributed by atoms with E-state index in [1.165, 1.54) is 6.20 Å². The summed E-state index contributed by atoms with van der Waals surface area (Å²) in [6.45, 7) is 1.60. The number of pyridine rings is 2. The lowest BCUT2D eigenvalue weighted by Crippen LogP contribution is -2.68. The van der Waals surface area contributed by atoms with Crippen LogP contribution < -0.4 is 10.2 Å². The molecule has 0 spiro atoms. The molecular weight excluding hydrogens is 397 g/mol. The molecule has 2 aromatic rings. The predicted octanol–water partition coefficient (Wildman–Crippen LogP) is 2.14. The van der Waals surface area contributed by atoms with Crippen molar-refractivity contribution in [1.82, 2.24) is 20.2 Å². The van der Waals surface area contributed by atoms with Gasteiger partial charge in [0.05, 0.1) is 11.9 Å². The van der Waals surface area contributed by atoms with Crippen LogP contribution in [-0.4, -0.2) is 51.9 Å². The fraction of sp³-hybridized carbons (Fsp3) is 0.478. The Balaban J connectivity index is 1.41. The molecule has 2 aromatic heterocycles. The summed E-state index contributed by atoms with van der Waals surface area (Å²) >= 11 is 0. The average Bonchev–Trinajstić information content (AvgIpc) is 2.79. The first-order chi connectivity index (χ1) is 15.1. The van der Waals surface area contributed by atoms with E-state index in [2.05, 4.69) is 15.3 Å². The smallest absolute Gasteiger partial charge is 0.243 e. The van der Waals surface area contributed by atoms with E-state index in [0.717, 1.165) is 24.8 Å². The molecule has 1 N–H and O–H groups in total. The summed E-state index contributed by atoms with van der Waals surface area (Å²) in [5, 5.41) is 3.02. The summed E-state index contributed by atoms with van der Waals surface area (Å²) in [6, 6.07) is 4.93. The molecule has 31 heavy (non-hydrogen) atoms. The Hall–Kier alpha value is -3.03. The van der Waals surface area contributed by atoms with E-state index in [-0.39, 0.29) is 35.5 Å². The number of carbonyl (C=O) groups excluding carboxylic acids is 2. The second-order valence-electron chi connectivity index (χ2n) is 8.77. The number of anilines is 1. The van der Waals surface area contributed by atoms with Crippen molar-refractivity contribution in [2.45, 2.75) is 44.3 Å². The van der Waals surface area contributed by atoms with Crippen LogP contribution in [-0.2, 0) is 16.1 Å². The number of piperidine rings is 3. The Kier molecular flexibility index (Phi) is 5.29. The number of aromatic nitrogens is 2. The maximum Gasteiger partial charge on any atom is 0.243 e. The van der Waals surface area contributed by atoms with E-state index in [0.29, 0.717) is 31.7 Å². The Bertz CT molecular complexity index is 971. The number of nitrogens with zero attached hydrogens (tertiary/aromatic N) is 4. The minimum atomic E-state index is -0.529. The molecule has 3 fully saturated rings. The number of hydrogen-bond acceptors (Lipinski definition) is 5. The van der Waals surface area contributed by atoms with Gasteiger partial charge in [0.1, 0.15) is 6.04 Å². The lowest BCUT2D eigenvalue weighted by atomic mass is 9.71. The van der Waals surface area contributed by atoms with Crippen LogP contribution in [0.4, 0.5) is 10.1 Å². The van der Waals surface area contributed by atoms with Crippen LogP contribution in [0.25, 0.3) is 0 Å². The van der Waals surface area contributed by atoms with Crippen molar-refractivity contribution in [2.75, 3.05) is 18.0 Å². The van der Waals surface area contributed by atoms with Gasteiger partial charge in [0.25, 0.3) is 0 Å². The molecule has 0 radical (unpaired) electrons. The van der Waals surface area contributed by atoms with Crippen molar-refractivity contribution in [3.63, 3.8) is 0 Å². The molecule has 7 nitrogen and oxygen atoms in total. The fourth-order valence-electron chi connectivity index (χ4n) is 5.61. The highest BCUT2D eigenvalue weighted by Gasteiger charge is 2.52. The zero-order valence-corrected chi connectivity index (χ0v) is 17.3. The Morgan fingerprint density at radius 1 is 1.16 bits per heavy atom. The first kappa shape index (κ1) is 19.9. The molecule has 162 valence electrons. The monoisotopic (exact) mass is 423 g/mol. The van der Waals surface area contributed by atoms with Gasteiger partial charge in [0, 0.05) is 56.6 Å². The van der Waals surface area contributed by atoms with Crippen molar-refractivity contribution in [3.05, 3.63) is 54.4 Å². The Morgan fingerprint density at radius 3 is 2.81 bits per heavy atom. The summed E-state index contributed by atoms with van der Waals surface area (Å²) in [4.78, 5) is 38.1. The molecule has 0 saturated carbocycles. The van der Waals surface area contributed by atoms with Gasteiger partial charge in [-0.3, -0.25) is 19.6 Å². The molecule has 0 unspecified atom stereocenters. The molecule has 0 aromatic carbocycles. The van der Waals surface area contributed by atoms with Gasteiger partial charge in [0.2, 0.25) is 11.8 Å². The molecule has 2 bridgehead atoms. The quantitative estimate of drug-likeness (QED) is 0.815.